The number of hydroxylamine groups is 1. The Kier molecular flexibility index (Phi) is 8.89. The number of unbranched alkanes of at least 4 members (excludes halogenated alkanes) is 5. The summed E-state index contributed by atoms with van der Waals surface area (Å²) in [5, 5.41) is 10.9. The molecule has 0 bridgehead atoms. The molecule has 0 aliphatic carbocycles. The monoisotopic (exact) mass is 406 g/mol. The average molecular weight is 407 g/mol. The van der Waals surface area contributed by atoms with Crippen LogP contribution in [0.3, 0.4) is 0 Å². The summed E-state index contributed by atoms with van der Waals surface area (Å²) in [6.07, 6.45) is 5.87. The van der Waals surface area contributed by atoms with Crippen molar-refractivity contribution in [3.8, 4) is 0 Å². The number of nitrogens with one attached hydrogen (secondary N) is 1. The molecule has 0 saturated heterocycles. The maximum absolute atomic E-state index is 12.8. The van der Waals surface area contributed by atoms with E-state index in [1.807, 2.05) is 42.5 Å². The van der Waals surface area contributed by atoms with Gasteiger partial charge < -0.3 is 0 Å². The lowest BCUT2D eigenvalue weighted by atomic mass is 10.1. The molecule has 28 heavy (non-hydrogen) atoms. The second-order valence-electron chi connectivity index (χ2n) is 7.07. The molecule has 0 atom stereocenters. The van der Waals surface area contributed by atoms with E-state index in [4.69, 9.17) is 5.21 Å². The lowest BCUT2D eigenvalue weighted by molar-refractivity contribution is -0.129. The van der Waals surface area contributed by atoms with Gasteiger partial charge in [-0.05, 0) is 28.8 Å². The highest BCUT2D eigenvalue weighted by molar-refractivity contribution is 7.89. The van der Waals surface area contributed by atoms with Crippen LogP contribution in [-0.4, -0.2) is 36.1 Å². The summed E-state index contributed by atoms with van der Waals surface area (Å²) in [6.45, 7) is 1.83. The fraction of sp³-hybridized carbons (Fsp3) is 0.476. The first-order chi connectivity index (χ1) is 13.5. The number of nitrogens with zero attached hydrogens (tertiary/aromatic N) is 1. The molecular formula is C21H30N2O4S. The van der Waals surface area contributed by atoms with Gasteiger partial charge in [-0.2, -0.15) is 4.31 Å². The Morgan fingerprint density at radius 2 is 1.68 bits per heavy atom. The molecule has 0 aliphatic heterocycles. The SMILES string of the molecule is CCCCCCCCS(=O)(=O)N(CC(=O)NO)Cc1ccc2ccccc2c1. The quantitative estimate of drug-likeness (QED) is 0.319. The first-order valence-electron chi connectivity index (χ1n) is 9.84. The molecule has 0 aliphatic rings. The predicted molar refractivity (Wildman–Crippen MR) is 111 cm³/mol. The van der Waals surface area contributed by atoms with Crippen molar-refractivity contribution < 1.29 is 18.4 Å². The van der Waals surface area contributed by atoms with E-state index < -0.39 is 22.5 Å². The highest BCUT2D eigenvalue weighted by Gasteiger charge is 2.24. The largest absolute Gasteiger partial charge is 0.289 e. The smallest absolute Gasteiger partial charge is 0.258 e. The lowest BCUT2D eigenvalue weighted by Gasteiger charge is -2.21. The normalized spacial score (nSPS) is 11.8. The van der Waals surface area contributed by atoms with Crippen LogP contribution in [0, 0.1) is 0 Å². The van der Waals surface area contributed by atoms with Crippen LogP contribution in [0.2, 0.25) is 0 Å². The van der Waals surface area contributed by atoms with Gasteiger partial charge in [0.25, 0.3) is 5.91 Å². The fourth-order valence-corrected chi connectivity index (χ4v) is 4.67. The number of sulfonamides is 1. The molecule has 2 aromatic carbocycles. The fourth-order valence-electron chi connectivity index (χ4n) is 3.18. The molecular weight excluding hydrogens is 376 g/mol. The maximum Gasteiger partial charge on any atom is 0.258 e. The molecule has 0 aromatic heterocycles. The molecule has 0 spiro atoms. The minimum Gasteiger partial charge on any atom is -0.289 e. The molecule has 0 fully saturated rings. The van der Waals surface area contributed by atoms with Crippen molar-refractivity contribution in [2.24, 2.45) is 0 Å². The molecule has 0 unspecified atom stereocenters. The highest BCUT2D eigenvalue weighted by atomic mass is 32.2. The molecule has 2 rings (SSSR count). The summed E-state index contributed by atoms with van der Waals surface area (Å²) in [5.41, 5.74) is 2.33. The third-order valence-corrected chi connectivity index (χ3v) is 6.62. The van der Waals surface area contributed by atoms with Crippen molar-refractivity contribution in [1.82, 2.24) is 9.79 Å². The number of fused-ring (bicyclic) bond motifs is 1. The zero-order valence-corrected chi connectivity index (χ0v) is 17.2. The van der Waals surface area contributed by atoms with E-state index in [1.54, 1.807) is 0 Å². The standard InChI is InChI=1S/C21H30N2O4S/c1-2-3-4-5-6-9-14-28(26,27)23(17-21(24)22-25)16-18-12-13-19-10-7-8-11-20(19)15-18/h7-8,10-13,15,25H,2-6,9,14,16-17H2,1H3,(H,22,24). The number of hydrogen-bond donors (Lipinski definition) is 2. The van der Waals surface area contributed by atoms with Crippen molar-refractivity contribution in [1.29, 1.82) is 0 Å². The molecule has 1 amide bonds. The Morgan fingerprint density at radius 1 is 1.00 bits per heavy atom. The highest BCUT2D eigenvalue weighted by Crippen LogP contribution is 2.19. The molecule has 2 aromatic rings. The zero-order valence-electron chi connectivity index (χ0n) is 16.4. The Bertz CT molecular complexity index is 868. The zero-order chi connectivity index (χ0) is 20.4. The number of benzene rings is 2. The second-order valence-corrected chi connectivity index (χ2v) is 9.16. The maximum atomic E-state index is 12.8. The number of carbonyl (C=O) groups is 1. The molecule has 2 N–H and O–H groups in total. The van der Waals surface area contributed by atoms with Gasteiger partial charge in [-0.3, -0.25) is 10.0 Å². The summed E-state index contributed by atoms with van der Waals surface area (Å²) >= 11 is 0. The van der Waals surface area contributed by atoms with Gasteiger partial charge >= 0.3 is 0 Å². The van der Waals surface area contributed by atoms with Gasteiger partial charge in [-0.25, -0.2) is 13.9 Å². The number of carbonyl (C=O) groups excluding carboxylic acids is 1. The van der Waals surface area contributed by atoms with E-state index in [1.165, 1.54) is 5.48 Å². The van der Waals surface area contributed by atoms with E-state index >= 15 is 0 Å². The topological polar surface area (TPSA) is 86.7 Å². The molecule has 154 valence electrons. The van der Waals surface area contributed by atoms with E-state index in [-0.39, 0.29) is 12.3 Å². The third kappa shape index (κ3) is 6.89. The van der Waals surface area contributed by atoms with Crippen molar-refractivity contribution in [3.63, 3.8) is 0 Å². The molecule has 7 heteroatoms. The molecule has 0 radical (unpaired) electrons. The summed E-state index contributed by atoms with van der Waals surface area (Å²) in [6, 6.07) is 13.6. The first kappa shape index (κ1) is 22.3. The second kappa shape index (κ2) is 11.1. The van der Waals surface area contributed by atoms with Crippen LogP contribution in [0.15, 0.2) is 42.5 Å². The predicted octanol–water partition coefficient (Wildman–Crippen LogP) is 3.84. The van der Waals surface area contributed by atoms with Gasteiger partial charge in [0.1, 0.15) is 0 Å². The summed E-state index contributed by atoms with van der Waals surface area (Å²) in [4.78, 5) is 11.7. The third-order valence-electron chi connectivity index (χ3n) is 4.77. The van der Waals surface area contributed by atoms with Crippen LogP contribution in [0.5, 0.6) is 0 Å². The first-order valence-corrected chi connectivity index (χ1v) is 11.5. The Labute approximate surface area is 167 Å². The Balaban J connectivity index is 2.07. The van der Waals surface area contributed by atoms with Crippen molar-refractivity contribution in [2.75, 3.05) is 12.3 Å². The molecule has 0 heterocycles. The minimum atomic E-state index is -3.61. The lowest BCUT2D eigenvalue weighted by Crippen LogP contribution is -2.40. The minimum absolute atomic E-state index is 0.00537. The van der Waals surface area contributed by atoms with Crippen LogP contribution in [0.25, 0.3) is 10.8 Å². The van der Waals surface area contributed by atoms with Crippen molar-refractivity contribution >= 4 is 26.7 Å². The van der Waals surface area contributed by atoms with Crippen molar-refractivity contribution in [3.05, 3.63) is 48.0 Å². The van der Waals surface area contributed by atoms with E-state index in [2.05, 4.69) is 6.92 Å². The van der Waals surface area contributed by atoms with E-state index in [9.17, 15) is 13.2 Å². The number of hydrogen-bond acceptors (Lipinski definition) is 4. The Hall–Kier alpha value is -1.96. The van der Waals surface area contributed by atoms with E-state index in [0.29, 0.717) is 6.42 Å². The van der Waals surface area contributed by atoms with Crippen LogP contribution in [-0.2, 0) is 21.4 Å². The molecule has 6 nitrogen and oxygen atoms in total. The van der Waals surface area contributed by atoms with Crippen molar-refractivity contribution in [2.45, 2.75) is 52.0 Å². The number of amides is 1. The van der Waals surface area contributed by atoms with Crippen LogP contribution >= 0.6 is 0 Å². The Morgan fingerprint density at radius 3 is 2.39 bits per heavy atom. The van der Waals surface area contributed by atoms with Crippen LogP contribution in [0.1, 0.15) is 51.0 Å². The van der Waals surface area contributed by atoms with Crippen LogP contribution in [0.4, 0.5) is 0 Å². The number of rotatable bonds is 12. The summed E-state index contributed by atoms with van der Waals surface area (Å²) in [5.74, 6) is -0.738. The van der Waals surface area contributed by atoms with Gasteiger partial charge in [0.15, 0.2) is 0 Å². The van der Waals surface area contributed by atoms with Gasteiger partial charge in [0.2, 0.25) is 10.0 Å². The van der Waals surface area contributed by atoms with E-state index in [0.717, 1.165) is 52.7 Å². The summed E-state index contributed by atoms with van der Waals surface area (Å²) in [7, 11) is -3.61. The van der Waals surface area contributed by atoms with Crippen LogP contribution < -0.4 is 5.48 Å². The van der Waals surface area contributed by atoms with Gasteiger partial charge in [0, 0.05) is 6.54 Å². The summed E-state index contributed by atoms with van der Waals surface area (Å²) < 4.78 is 26.8. The average Bonchev–Trinajstić information content (AvgIpc) is 2.69. The molecule has 0 saturated carbocycles. The van der Waals surface area contributed by atoms with Gasteiger partial charge in [-0.15, -0.1) is 0 Å². The van der Waals surface area contributed by atoms with Gasteiger partial charge in [-0.1, -0.05) is 75.4 Å². The van der Waals surface area contributed by atoms with Gasteiger partial charge in [0.05, 0.1) is 12.3 Å².